The highest BCUT2D eigenvalue weighted by molar-refractivity contribution is 4.76. The maximum absolute atomic E-state index is 6.29. The molecule has 0 aromatic carbocycles. The Kier molecular flexibility index (Phi) is 10.4. The molecule has 25 heavy (non-hydrogen) atoms. The number of ether oxygens (including phenoxy) is 1. The molecule has 2 heterocycles. The summed E-state index contributed by atoms with van der Waals surface area (Å²) in [7, 11) is 0. The molecule has 0 bridgehead atoms. The minimum absolute atomic E-state index is 0.528. The lowest BCUT2D eigenvalue weighted by atomic mass is 9.97. The van der Waals surface area contributed by atoms with E-state index >= 15 is 0 Å². The highest BCUT2D eigenvalue weighted by Gasteiger charge is 2.23. The first-order valence-corrected chi connectivity index (χ1v) is 11.3. The fourth-order valence-corrected chi connectivity index (χ4v) is 4.45. The SMILES string of the molecule is CCCCCCC(C)CN1CCC(OCC2CCN(CC)CC2)CC1. The molecule has 2 fully saturated rings. The third-order valence-corrected chi connectivity index (χ3v) is 6.38. The van der Waals surface area contributed by atoms with Crippen LogP contribution in [-0.2, 0) is 4.74 Å². The highest BCUT2D eigenvalue weighted by Crippen LogP contribution is 2.21. The lowest BCUT2D eigenvalue weighted by molar-refractivity contribution is -0.0206. The number of likely N-dealkylation sites (tertiary alicyclic amines) is 2. The molecule has 0 spiro atoms. The maximum atomic E-state index is 6.29. The van der Waals surface area contributed by atoms with Crippen molar-refractivity contribution in [2.45, 2.75) is 84.7 Å². The summed E-state index contributed by atoms with van der Waals surface area (Å²) >= 11 is 0. The van der Waals surface area contributed by atoms with Crippen LogP contribution in [0.3, 0.4) is 0 Å². The van der Waals surface area contributed by atoms with Crippen LogP contribution < -0.4 is 0 Å². The van der Waals surface area contributed by atoms with E-state index in [1.807, 2.05) is 0 Å². The average molecular weight is 353 g/mol. The van der Waals surface area contributed by atoms with Gasteiger partial charge in [-0.1, -0.05) is 46.5 Å². The van der Waals surface area contributed by atoms with E-state index in [1.165, 1.54) is 97.1 Å². The molecule has 0 radical (unpaired) electrons. The summed E-state index contributed by atoms with van der Waals surface area (Å²) in [5, 5.41) is 0. The number of piperidine rings is 2. The minimum Gasteiger partial charge on any atom is -0.378 e. The van der Waals surface area contributed by atoms with E-state index in [-0.39, 0.29) is 0 Å². The molecule has 0 N–H and O–H groups in total. The number of unbranched alkanes of at least 4 members (excludes halogenated alkanes) is 3. The number of hydrogen-bond donors (Lipinski definition) is 0. The van der Waals surface area contributed by atoms with Gasteiger partial charge < -0.3 is 14.5 Å². The van der Waals surface area contributed by atoms with E-state index in [1.54, 1.807) is 0 Å². The molecule has 0 saturated carbocycles. The molecule has 0 aliphatic carbocycles. The first-order valence-electron chi connectivity index (χ1n) is 11.3. The number of hydrogen-bond acceptors (Lipinski definition) is 3. The summed E-state index contributed by atoms with van der Waals surface area (Å²) in [4.78, 5) is 5.25. The first-order chi connectivity index (χ1) is 12.2. The summed E-state index contributed by atoms with van der Waals surface area (Å²) in [5.74, 6) is 1.67. The molecule has 3 nitrogen and oxygen atoms in total. The van der Waals surface area contributed by atoms with Crippen LogP contribution in [0, 0.1) is 11.8 Å². The van der Waals surface area contributed by atoms with Crippen molar-refractivity contribution in [1.29, 1.82) is 0 Å². The standard InChI is InChI=1S/C22H44N2O/c1-4-6-7-8-9-20(3)18-24-16-12-22(13-17-24)25-19-21-10-14-23(5-2)15-11-21/h20-22H,4-19H2,1-3H3. The Morgan fingerprint density at radius 1 is 0.880 bits per heavy atom. The van der Waals surface area contributed by atoms with Crippen LogP contribution in [0.15, 0.2) is 0 Å². The molecule has 2 aliphatic rings. The van der Waals surface area contributed by atoms with E-state index < -0.39 is 0 Å². The monoisotopic (exact) mass is 352 g/mol. The highest BCUT2D eigenvalue weighted by atomic mass is 16.5. The summed E-state index contributed by atoms with van der Waals surface area (Å²) < 4.78 is 6.29. The minimum atomic E-state index is 0.528. The maximum Gasteiger partial charge on any atom is 0.0599 e. The lowest BCUT2D eigenvalue weighted by Gasteiger charge is -2.35. The van der Waals surface area contributed by atoms with Gasteiger partial charge in [0.25, 0.3) is 0 Å². The van der Waals surface area contributed by atoms with Gasteiger partial charge in [-0.05, 0) is 63.6 Å². The molecule has 3 heteroatoms. The Hall–Kier alpha value is -0.120. The van der Waals surface area contributed by atoms with E-state index in [9.17, 15) is 0 Å². The summed E-state index contributed by atoms with van der Waals surface area (Å²) in [5.41, 5.74) is 0. The molecule has 1 atom stereocenters. The number of nitrogens with zero attached hydrogens (tertiary/aromatic N) is 2. The van der Waals surface area contributed by atoms with Crippen molar-refractivity contribution in [3.8, 4) is 0 Å². The van der Waals surface area contributed by atoms with E-state index in [0.717, 1.165) is 18.4 Å². The predicted octanol–water partition coefficient (Wildman–Crippen LogP) is 4.81. The van der Waals surface area contributed by atoms with Crippen molar-refractivity contribution >= 4 is 0 Å². The van der Waals surface area contributed by atoms with E-state index in [4.69, 9.17) is 4.74 Å². The van der Waals surface area contributed by atoms with Gasteiger partial charge in [0.15, 0.2) is 0 Å². The number of rotatable bonds is 11. The van der Waals surface area contributed by atoms with Crippen LogP contribution in [0.1, 0.15) is 78.6 Å². The second-order valence-electron chi connectivity index (χ2n) is 8.67. The van der Waals surface area contributed by atoms with Gasteiger partial charge in [-0.25, -0.2) is 0 Å². The molecular formula is C22H44N2O. The van der Waals surface area contributed by atoms with Gasteiger partial charge in [-0.3, -0.25) is 0 Å². The van der Waals surface area contributed by atoms with Gasteiger partial charge in [-0.15, -0.1) is 0 Å². The van der Waals surface area contributed by atoms with Crippen LogP contribution in [0.4, 0.5) is 0 Å². The van der Waals surface area contributed by atoms with Crippen molar-refractivity contribution in [1.82, 2.24) is 9.80 Å². The van der Waals surface area contributed by atoms with Gasteiger partial charge in [-0.2, -0.15) is 0 Å². The zero-order valence-corrected chi connectivity index (χ0v) is 17.3. The molecule has 0 amide bonds. The van der Waals surface area contributed by atoms with Crippen molar-refractivity contribution < 1.29 is 4.74 Å². The van der Waals surface area contributed by atoms with Crippen LogP contribution >= 0.6 is 0 Å². The third-order valence-electron chi connectivity index (χ3n) is 6.38. The Balaban J connectivity index is 1.51. The van der Waals surface area contributed by atoms with Crippen molar-refractivity contribution in [3.63, 3.8) is 0 Å². The summed E-state index contributed by atoms with van der Waals surface area (Å²) in [6, 6.07) is 0. The Morgan fingerprint density at radius 2 is 1.56 bits per heavy atom. The molecule has 2 aliphatic heterocycles. The molecular weight excluding hydrogens is 308 g/mol. The zero-order valence-electron chi connectivity index (χ0n) is 17.3. The lowest BCUT2D eigenvalue weighted by Crippen LogP contribution is -2.40. The van der Waals surface area contributed by atoms with Gasteiger partial charge >= 0.3 is 0 Å². The van der Waals surface area contributed by atoms with Crippen LogP contribution in [0.5, 0.6) is 0 Å². The second kappa shape index (κ2) is 12.3. The van der Waals surface area contributed by atoms with Crippen LogP contribution in [0.25, 0.3) is 0 Å². The Bertz CT molecular complexity index is 320. The van der Waals surface area contributed by atoms with Gasteiger partial charge in [0.2, 0.25) is 0 Å². The van der Waals surface area contributed by atoms with Gasteiger partial charge in [0, 0.05) is 26.2 Å². The topological polar surface area (TPSA) is 15.7 Å². The smallest absolute Gasteiger partial charge is 0.0599 e. The van der Waals surface area contributed by atoms with Crippen molar-refractivity contribution in [3.05, 3.63) is 0 Å². The molecule has 2 rings (SSSR count). The quantitative estimate of drug-likeness (QED) is 0.497. The molecule has 0 aromatic heterocycles. The normalized spacial score (nSPS) is 23.2. The van der Waals surface area contributed by atoms with Gasteiger partial charge in [0.1, 0.15) is 0 Å². The fourth-order valence-electron chi connectivity index (χ4n) is 4.45. The van der Waals surface area contributed by atoms with Gasteiger partial charge in [0.05, 0.1) is 6.10 Å². The van der Waals surface area contributed by atoms with Crippen LogP contribution in [0.2, 0.25) is 0 Å². The van der Waals surface area contributed by atoms with Crippen LogP contribution in [-0.4, -0.2) is 61.8 Å². The molecule has 148 valence electrons. The zero-order chi connectivity index (χ0) is 17.9. The largest absolute Gasteiger partial charge is 0.378 e. The molecule has 1 unspecified atom stereocenters. The summed E-state index contributed by atoms with van der Waals surface area (Å²) in [6.45, 7) is 15.6. The van der Waals surface area contributed by atoms with E-state index in [2.05, 4.69) is 30.6 Å². The summed E-state index contributed by atoms with van der Waals surface area (Å²) in [6.07, 6.45) is 12.7. The van der Waals surface area contributed by atoms with Crippen molar-refractivity contribution in [2.75, 3.05) is 45.9 Å². The molecule has 0 aromatic rings. The van der Waals surface area contributed by atoms with Crippen molar-refractivity contribution in [2.24, 2.45) is 11.8 Å². The average Bonchev–Trinajstić information content (AvgIpc) is 2.65. The fraction of sp³-hybridized carbons (Fsp3) is 1.00. The third kappa shape index (κ3) is 8.41. The van der Waals surface area contributed by atoms with E-state index in [0.29, 0.717) is 6.10 Å². The predicted molar refractivity (Wildman–Crippen MR) is 108 cm³/mol. The Morgan fingerprint density at radius 3 is 2.20 bits per heavy atom. The Labute approximate surface area is 157 Å². The molecule has 2 saturated heterocycles. The second-order valence-corrected chi connectivity index (χ2v) is 8.67. The first kappa shape index (κ1) is 21.2.